The van der Waals surface area contributed by atoms with Gasteiger partial charge in [-0.3, -0.25) is 4.98 Å². The van der Waals surface area contributed by atoms with Gasteiger partial charge in [-0.25, -0.2) is 9.83 Å². The summed E-state index contributed by atoms with van der Waals surface area (Å²) in [5.74, 6) is 1.25. The average Bonchev–Trinajstić information content (AvgIpc) is 2.92. The van der Waals surface area contributed by atoms with Crippen molar-refractivity contribution in [2.24, 2.45) is 0 Å². The second-order valence-corrected chi connectivity index (χ2v) is 7.88. The standard InChI is InChI=1S/C28H23N5O2/c1-19-28(35-18-21-5-10-25(30-2)11-6-21)26(17-34)24(15-31-19)16-33-27-12-9-23(14-32-27)22-7-3-20(13-29)4-8-22/h3-12,14-15,34H,16-18H2,1H3,(H,32,33). The molecule has 0 unspecified atom stereocenters. The van der Waals surface area contributed by atoms with E-state index >= 15 is 0 Å². The lowest BCUT2D eigenvalue weighted by Crippen LogP contribution is -2.09. The van der Waals surface area contributed by atoms with E-state index in [9.17, 15) is 5.11 Å². The Morgan fingerprint density at radius 3 is 2.37 bits per heavy atom. The summed E-state index contributed by atoms with van der Waals surface area (Å²) in [6.07, 6.45) is 3.51. The minimum absolute atomic E-state index is 0.183. The Balaban J connectivity index is 1.45. The summed E-state index contributed by atoms with van der Waals surface area (Å²) < 4.78 is 6.03. The highest BCUT2D eigenvalue weighted by molar-refractivity contribution is 5.64. The Morgan fingerprint density at radius 1 is 1.00 bits per heavy atom. The lowest BCUT2D eigenvalue weighted by atomic mass is 10.1. The van der Waals surface area contributed by atoms with Crippen LogP contribution in [0.2, 0.25) is 0 Å². The molecule has 0 spiro atoms. The minimum atomic E-state index is -0.183. The van der Waals surface area contributed by atoms with Crippen molar-refractivity contribution < 1.29 is 9.84 Å². The van der Waals surface area contributed by atoms with Gasteiger partial charge in [0.05, 0.1) is 30.5 Å². The molecule has 0 bridgehead atoms. The largest absolute Gasteiger partial charge is 0.487 e. The number of hydrogen-bond donors (Lipinski definition) is 2. The number of aryl methyl sites for hydroxylation is 1. The van der Waals surface area contributed by atoms with Crippen LogP contribution < -0.4 is 10.1 Å². The third kappa shape index (κ3) is 5.62. The van der Waals surface area contributed by atoms with Crippen molar-refractivity contribution in [3.05, 3.63) is 112 Å². The first kappa shape index (κ1) is 23.4. The fraction of sp³-hybridized carbons (Fsp3) is 0.143. The van der Waals surface area contributed by atoms with Crippen LogP contribution in [0.1, 0.15) is 27.9 Å². The summed E-state index contributed by atoms with van der Waals surface area (Å²) in [5.41, 5.74) is 6.25. The molecule has 7 heteroatoms. The molecule has 0 aliphatic rings. The van der Waals surface area contributed by atoms with Crippen molar-refractivity contribution in [2.75, 3.05) is 5.32 Å². The highest BCUT2D eigenvalue weighted by Crippen LogP contribution is 2.28. The molecule has 2 aromatic heterocycles. The van der Waals surface area contributed by atoms with Gasteiger partial charge in [-0.2, -0.15) is 5.26 Å². The highest BCUT2D eigenvalue weighted by Gasteiger charge is 2.14. The zero-order chi connectivity index (χ0) is 24.6. The SMILES string of the molecule is [C-]#[N+]c1ccc(COc2c(C)ncc(CNc3ccc(-c4ccc(C#N)cc4)cn3)c2CO)cc1. The number of ether oxygens (including phenoxy) is 1. The van der Waals surface area contributed by atoms with E-state index in [1.807, 2.05) is 43.3 Å². The lowest BCUT2D eigenvalue weighted by Gasteiger charge is -2.17. The van der Waals surface area contributed by atoms with Gasteiger partial charge in [-0.1, -0.05) is 36.4 Å². The lowest BCUT2D eigenvalue weighted by molar-refractivity contribution is 0.256. The summed E-state index contributed by atoms with van der Waals surface area (Å²) in [7, 11) is 0. The molecule has 2 N–H and O–H groups in total. The van der Waals surface area contributed by atoms with Crippen molar-refractivity contribution in [1.82, 2.24) is 9.97 Å². The Labute approximate surface area is 204 Å². The van der Waals surface area contributed by atoms with Gasteiger partial charge in [0, 0.05) is 30.1 Å². The summed E-state index contributed by atoms with van der Waals surface area (Å²) in [5, 5.41) is 22.3. The molecule has 0 radical (unpaired) electrons. The van der Waals surface area contributed by atoms with E-state index in [1.165, 1.54) is 0 Å². The van der Waals surface area contributed by atoms with Gasteiger partial charge in [0.1, 0.15) is 18.2 Å². The topological polar surface area (TPSA) is 95.4 Å². The number of pyridine rings is 2. The maximum Gasteiger partial charge on any atom is 0.187 e. The number of rotatable bonds is 8. The van der Waals surface area contributed by atoms with Crippen LogP contribution in [0.15, 0.2) is 73.1 Å². The number of nitrogens with zero attached hydrogens (tertiary/aromatic N) is 4. The molecule has 0 atom stereocenters. The Hall–Kier alpha value is -4.72. The van der Waals surface area contributed by atoms with Crippen molar-refractivity contribution in [3.8, 4) is 22.9 Å². The smallest absolute Gasteiger partial charge is 0.187 e. The second-order valence-electron chi connectivity index (χ2n) is 7.88. The number of anilines is 1. The van der Waals surface area contributed by atoms with Crippen molar-refractivity contribution in [3.63, 3.8) is 0 Å². The number of hydrogen-bond acceptors (Lipinski definition) is 6. The van der Waals surface area contributed by atoms with Crippen LogP contribution in [-0.4, -0.2) is 15.1 Å². The Kier molecular flexibility index (Phi) is 7.32. The number of aliphatic hydroxyl groups is 1. The predicted molar refractivity (Wildman–Crippen MR) is 134 cm³/mol. The van der Waals surface area contributed by atoms with E-state index in [0.29, 0.717) is 47.2 Å². The maximum atomic E-state index is 10.1. The van der Waals surface area contributed by atoms with Crippen LogP contribution in [0, 0.1) is 24.8 Å². The first-order valence-electron chi connectivity index (χ1n) is 11.0. The zero-order valence-electron chi connectivity index (χ0n) is 19.2. The Morgan fingerprint density at radius 2 is 1.74 bits per heavy atom. The fourth-order valence-electron chi connectivity index (χ4n) is 3.61. The predicted octanol–water partition coefficient (Wildman–Crippen LogP) is 5.56. The summed E-state index contributed by atoms with van der Waals surface area (Å²) >= 11 is 0. The molecule has 7 nitrogen and oxygen atoms in total. The van der Waals surface area contributed by atoms with Crippen molar-refractivity contribution in [2.45, 2.75) is 26.7 Å². The first-order chi connectivity index (χ1) is 17.1. The number of aliphatic hydroxyl groups excluding tert-OH is 1. The average molecular weight is 462 g/mol. The first-order valence-corrected chi connectivity index (χ1v) is 11.0. The Bertz CT molecular complexity index is 1380. The van der Waals surface area contributed by atoms with Crippen LogP contribution in [0.4, 0.5) is 11.5 Å². The maximum absolute atomic E-state index is 10.1. The van der Waals surface area contributed by atoms with Crippen molar-refractivity contribution in [1.29, 1.82) is 5.26 Å². The van der Waals surface area contributed by atoms with E-state index < -0.39 is 0 Å². The molecule has 4 rings (SSSR count). The second kappa shape index (κ2) is 10.9. The highest BCUT2D eigenvalue weighted by atomic mass is 16.5. The van der Waals surface area contributed by atoms with E-state index in [4.69, 9.17) is 16.6 Å². The third-order valence-electron chi connectivity index (χ3n) is 5.58. The zero-order valence-corrected chi connectivity index (χ0v) is 19.2. The van der Waals surface area contributed by atoms with Crippen molar-refractivity contribution >= 4 is 11.5 Å². The van der Waals surface area contributed by atoms with Crippen LogP contribution >= 0.6 is 0 Å². The molecule has 0 aliphatic carbocycles. The molecule has 0 amide bonds. The van der Waals surface area contributed by atoms with Gasteiger partial charge in [0.25, 0.3) is 0 Å². The van der Waals surface area contributed by atoms with E-state index in [0.717, 1.165) is 22.3 Å². The molecule has 0 saturated heterocycles. The molecule has 0 aliphatic heterocycles. The van der Waals surface area contributed by atoms with Gasteiger partial charge < -0.3 is 15.2 Å². The minimum Gasteiger partial charge on any atom is -0.487 e. The van der Waals surface area contributed by atoms with Gasteiger partial charge >= 0.3 is 0 Å². The quantitative estimate of drug-likeness (QED) is 0.334. The van der Waals surface area contributed by atoms with Crippen LogP contribution in [-0.2, 0) is 19.8 Å². The van der Waals surface area contributed by atoms with Crippen LogP contribution in [0.25, 0.3) is 16.0 Å². The van der Waals surface area contributed by atoms with Gasteiger partial charge in [-0.15, -0.1) is 0 Å². The molecular formula is C28H23N5O2. The van der Waals surface area contributed by atoms with Gasteiger partial charge in [0.2, 0.25) is 0 Å². The monoisotopic (exact) mass is 461 g/mol. The van der Waals surface area contributed by atoms with E-state index in [2.05, 4.69) is 26.2 Å². The van der Waals surface area contributed by atoms with Gasteiger partial charge in [0.15, 0.2) is 5.69 Å². The molecule has 2 aromatic carbocycles. The summed E-state index contributed by atoms with van der Waals surface area (Å²) in [6, 6.07) is 20.5. The van der Waals surface area contributed by atoms with E-state index in [1.54, 1.807) is 36.7 Å². The summed E-state index contributed by atoms with van der Waals surface area (Å²) in [4.78, 5) is 12.3. The molecular weight excluding hydrogens is 438 g/mol. The normalized spacial score (nSPS) is 10.3. The van der Waals surface area contributed by atoms with Gasteiger partial charge in [-0.05, 0) is 47.9 Å². The summed E-state index contributed by atoms with van der Waals surface area (Å²) in [6.45, 7) is 9.45. The molecule has 0 fully saturated rings. The third-order valence-corrected chi connectivity index (χ3v) is 5.58. The number of benzene rings is 2. The van der Waals surface area contributed by atoms with E-state index in [-0.39, 0.29) is 6.61 Å². The molecule has 172 valence electrons. The molecule has 0 saturated carbocycles. The van der Waals surface area contributed by atoms with Crippen LogP contribution in [0.5, 0.6) is 5.75 Å². The number of aromatic nitrogens is 2. The molecule has 35 heavy (non-hydrogen) atoms. The molecule has 4 aromatic rings. The number of nitrogens with one attached hydrogen (secondary N) is 1. The number of nitriles is 1. The fourth-order valence-corrected chi connectivity index (χ4v) is 3.61. The van der Waals surface area contributed by atoms with Crippen LogP contribution in [0.3, 0.4) is 0 Å². The molecule has 2 heterocycles.